The Balaban J connectivity index is 1.80. The van der Waals surface area contributed by atoms with Crippen molar-refractivity contribution in [3.8, 4) is 0 Å². The minimum absolute atomic E-state index is 0.0390. The maximum atomic E-state index is 14.3. The summed E-state index contributed by atoms with van der Waals surface area (Å²) in [5.41, 5.74) is 2.57. The highest BCUT2D eigenvalue weighted by Crippen LogP contribution is 2.48. The van der Waals surface area contributed by atoms with Crippen LogP contribution in [0.3, 0.4) is 0 Å². The van der Waals surface area contributed by atoms with Gasteiger partial charge >= 0.3 is 6.18 Å². The molecule has 4 rings (SSSR count). The number of amides is 1. The molecular formula is C24H18Cl2F3N3O3. The number of fused-ring (bicyclic) bond motifs is 1. The molecule has 3 aromatic rings. The first-order valence-corrected chi connectivity index (χ1v) is 10.9. The van der Waals surface area contributed by atoms with Gasteiger partial charge in [-0.05, 0) is 41.1 Å². The summed E-state index contributed by atoms with van der Waals surface area (Å²) in [7, 11) is 1.42. The average Bonchev–Trinajstić information content (AvgIpc) is 3.27. The second-order valence-corrected chi connectivity index (χ2v) is 8.36. The highest BCUT2D eigenvalue weighted by Gasteiger charge is 2.59. The van der Waals surface area contributed by atoms with Crippen molar-refractivity contribution in [2.75, 3.05) is 7.11 Å². The van der Waals surface area contributed by atoms with Gasteiger partial charge in [-0.1, -0.05) is 53.5 Å². The Morgan fingerprint density at radius 1 is 1.06 bits per heavy atom. The molecule has 0 fully saturated rings. The van der Waals surface area contributed by atoms with Crippen LogP contribution in [0.4, 0.5) is 13.2 Å². The van der Waals surface area contributed by atoms with Crippen LogP contribution in [0.2, 0.25) is 10.0 Å². The van der Waals surface area contributed by atoms with Crippen molar-refractivity contribution in [2.24, 2.45) is 0 Å². The number of alkyl halides is 3. The van der Waals surface area contributed by atoms with E-state index in [1.165, 1.54) is 31.6 Å². The van der Waals surface area contributed by atoms with Crippen molar-refractivity contribution in [3.05, 3.63) is 99.8 Å². The lowest BCUT2D eigenvalue weighted by Crippen LogP contribution is -2.42. The van der Waals surface area contributed by atoms with Crippen molar-refractivity contribution < 1.29 is 27.6 Å². The smallest absolute Gasteiger partial charge is 0.327 e. The first kappa shape index (κ1) is 24.9. The number of carbonyl (C=O) groups is 1. The van der Waals surface area contributed by atoms with Gasteiger partial charge in [0.15, 0.2) is 0 Å². The van der Waals surface area contributed by atoms with Gasteiger partial charge in [-0.3, -0.25) is 25.4 Å². The van der Waals surface area contributed by atoms with Gasteiger partial charge in [-0.25, -0.2) is 0 Å². The van der Waals surface area contributed by atoms with Crippen molar-refractivity contribution in [1.29, 1.82) is 0 Å². The molecular weight excluding hydrogens is 506 g/mol. The van der Waals surface area contributed by atoms with Crippen molar-refractivity contribution >= 4 is 45.6 Å². The zero-order valence-electron chi connectivity index (χ0n) is 18.0. The first-order valence-electron chi connectivity index (χ1n) is 10.1. The number of benzene rings is 3. The van der Waals surface area contributed by atoms with E-state index < -0.39 is 17.7 Å². The van der Waals surface area contributed by atoms with Crippen molar-refractivity contribution in [2.45, 2.75) is 11.8 Å². The number of carbonyl (C=O) groups excluding carboxylic acids is 1. The van der Waals surface area contributed by atoms with E-state index in [2.05, 4.69) is 21.1 Å². The lowest BCUT2D eigenvalue weighted by molar-refractivity contribution is -0.269. The molecule has 3 aromatic carbocycles. The number of hydrogen-bond acceptors (Lipinski definition) is 5. The summed E-state index contributed by atoms with van der Waals surface area (Å²) in [6, 6.07) is 13.6. The molecule has 1 aliphatic rings. The molecule has 6 nitrogen and oxygen atoms in total. The van der Waals surface area contributed by atoms with Crippen molar-refractivity contribution in [1.82, 2.24) is 16.3 Å². The molecule has 0 bridgehead atoms. The predicted octanol–water partition coefficient (Wildman–Crippen LogP) is 5.83. The highest BCUT2D eigenvalue weighted by atomic mass is 35.5. The minimum atomic E-state index is -4.84. The summed E-state index contributed by atoms with van der Waals surface area (Å²) in [6.45, 7) is 0. The second-order valence-electron chi connectivity index (χ2n) is 7.49. The van der Waals surface area contributed by atoms with Gasteiger partial charge in [0.1, 0.15) is 0 Å². The van der Waals surface area contributed by atoms with E-state index >= 15 is 0 Å². The summed E-state index contributed by atoms with van der Waals surface area (Å²) in [5, 5.41) is 3.75. The summed E-state index contributed by atoms with van der Waals surface area (Å²) in [5.74, 6) is -0.412. The molecule has 1 aliphatic heterocycles. The Labute approximate surface area is 208 Å². The molecule has 3 N–H and O–H groups in total. The molecule has 0 saturated carbocycles. The van der Waals surface area contributed by atoms with E-state index in [-0.39, 0.29) is 21.3 Å². The molecule has 1 unspecified atom stereocenters. The molecule has 182 valence electrons. The van der Waals surface area contributed by atoms with Crippen LogP contribution in [0.5, 0.6) is 0 Å². The third-order valence-electron chi connectivity index (χ3n) is 5.32. The minimum Gasteiger partial charge on any atom is -0.327 e. The van der Waals surface area contributed by atoms with Crippen LogP contribution < -0.4 is 16.3 Å². The first-order chi connectivity index (χ1) is 16.7. The van der Waals surface area contributed by atoms with Gasteiger partial charge in [-0.15, -0.1) is 0 Å². The van der Waals surface area contributed by atoms with E-state index in [9.17, 15) is 18.0 Å². The highest BCUT2D eigenvalue weighted by molar-refractivity contribution is 6.34. The third kappa shape index (κ3) is 4.81. The third-order valence-corrected chi connectivity index (χ3v) is 5.76. The van der Waals surface area contributed by atoms with Gasteiger partial charge < -0.3 is 5.32 Å². The van der Waals surface area contributed by atoms with Gasteiger partial charge in [0, 0.05) is 39.1 Å². The van der Waals surface area contributed by atoms with E-state index in [4.69, 9.17) is 28.0 Å². The van der Waals surface area contributed by atoms with Crippen LogP contribution in [0.25, 0.3) is 16.5 Å². The molecule has 0 radical (unpaired) electrons. The van der Waals surface area contributed by atoms with Crippen LogP contribution in [0.1, 0.15) is 21.5 Å². The summed E-state index contributed by atoms with van der Waals surface area (Å²) < 4.78 is 43.0. The van der Waals surface area contributed by atoms with Crippen LogP contribution in [0, 0.1) is 0 Å². The van der Waals surface area contributed by atoms with E-state index in [0.717, 1.165) is 18.2 Å². The Morgan fingerprint density at radius 2 is 1.74 bits per heavy atom. The fraction of sp³-hybridized carbons (Fsp3) is 0.125. The molecule has 0 aromatic heterocycles. The largest absolute Gasteiger partial charge is 0.428 e. The Hall–Kier alpha value is -3.24. The lowest BCUT2D eigenvalue weighted by Gasteiger charge is -2.28. The molecule has 1 amide bonds. The number of nitrogens with one attached hydrogen (secondary N) is 3. The van der Waals surface area contributed by atoms with E-state index in [1.54, 1.807) is 30.3 Å². The van der Waals surface area contributed by atoms with Gasteiger partial charge in [0.2, 0.25) is 5.60 Å². The standard InChI is InChI=1S/C24H18Cl2F3N3O3/c1-34-31-9-8-30-22(33)20-7-6-19(17-4-2-3-5-18(17)20)21-13-23(35-32-21,24(27,28)29)14-10-15(25)12-16(26)11-14/h2-13,31-32H,1H3,(H,30,33)/b9-8+. The Kier molecular flexibility index (Phi) is 6.95. The molecule has 0 spiro atoms. The fourth-order valence-corrected chi connectivity index (χ4v) is 4.30. The predicted molar refractivity (Wildman–Crippen MR) is 127 cm³/mol. The van der Waals surface area contributed by atoms with E-state index in [1.807, 2.05) is 0 Å². The quantitative estimate of drug-likeness (QED) is 0.354. The van der Waals surface area contributed by atoms with Crippen LogP contribution in [0.15, 0.2) is 73.1 Å². The van der Waals surface area contributed by atoms with Crippen LogP contribution >= 0.6 is 23.2 Å². The lowest BCUT2D eigenvalue weighted by atomic mass is 9.90. The van der Waals surface area contributed by atoms with Crippen LogP contribution in [-0.2, 0) is 15.3 Å². The topological polar surface area (TPSA) is 71.6 Å². The number of hydrogen-bond donors (Lipinski definition) is 3. The molecule has 0 saturated heterocycles. The number of hydroxylamine groups is 2. The van der Waals surface area contributed by atoms with Crippen molar-refractivity contribution in [3.63, 3.8) is 0 Å². The summed E-state index contributed by atoms with van der Waals surface area (Å²) >= 11 is 11.9. The Bertz CT molecular complexity index is 1320. The summed E-state index contributed by atoms with van der Waals surface area (Å²) in [6.07, 6.45) is -1.15. The van der Waals surface area contributed by atoms with Crippen LogP contribution in [-0.4, -0.2) is 19.2 Å². The van der Waals surface area contributed by atoms with Gasteiger partial charge in [0.25, 0.3) is 5.91 Å². The Morgan fingerprint density at radius 3 is 2.40 bits per heavy atom. The maximum Gasteiger partial charge on any atom is 0.428 e. The monoisotopic (exact) mass is 523 g/mol. The number of rotatable bonds is 6. The molecule has 11 heteroatoms. The normalized spacial score (nSPS) is 17.9. The maximum absolute atomic E-state index is 14.3. The molecule has 0 aliphatic carbocycles. The zero-order valence-corrected chi connectivity index (χ0v) is 19.6. The fourth-order valence-electron chi connectivity index (χ4n) is 3.77. The van der Waals surface area contributed by atoms with Gasteiger partial charge in [0.05, 0.1) is 12.8 Å². The molecule has 1 heterocycles. The number of halogens is 5. The average molecular weight is 524 g/mol. The zero-order chi connectivity index (χ0) is 25.2. The van der Waals surface area contributed by atoms with Gasteiger partial charge in [-0.2, -0.15) is 13.2 Å². The molecule has 35 heavy (non-hydrogen) atoms. The molecule has 1 atom stereocenters. The van der Waals surface area contributed by atoms with E-state index in [0.29, 0.717) is 21.9 Å². The SMILES string of the molecule is CON/C=C/NC(=O)c1ccc(C2=CC(c3cc(Cl)cc(Cl)c3)(C(F)(F)F)ON2)c2ccccc12. The second kappa shape index (κ2) is 9.79. The summed E-state index contributed by atoms with van der Waals surface area (Å²) in [4.78, 5) is 22.5.